The molecular formula is C18H28N4. The molecule has 0 bridgehead atoms. The zero-order valence-corrected chi connectivity index (χ0v) is 14.2. The summed E-state index contributed by atoms with van der Waals surface area (Å²) >= 11 is 0. The van der Waals surface area contributed by atoms with E-state index in [-0.39, 0.29) is 0 Å². The zero-order valence-electron chi connectivity index (χ0n) is 14.2. The number of aromatic nitrogens is 4. The van der Waals surface area contributed by atoms with Crippen LogP contribution in [0.3, 0.4) is 0 Å². The van der Waals surface area contributed by atoms with E-state index in [0.29, 0.717) is 17.9 Å². The molecule has 1 unspecified atom stereocenters. The standard InChI is InChI=1S/C18H28N4/c1-5-6-21-11-17(10-19-21)14(4)15-7-18(8-15)22-12-16(9-20-22)13(2)3/h9-15,18H,5-8H2,1-4H3. The van der Waals surface area contributed by atoms with Crippen LogP contribution in [-0.2, 0) is 6.54 Å². The van der Waals surface area contributed by atoms with Crippen molar-refractivity contribution in [3.8, 4) is 0 Å². The number of nitrogens with zero attached hydrogens (tertiary/aromatic N) is 4. The Hall–Kier alpha value is -1.58. The number of aryl methyl sites for hydroxylation is 1. The smallest absolute Gasteiger partial charge is 0.0525 e. The second kappa shape index (κ2) is 6.27. The van der Waals surface area contributed by atoms with E-state index in [0.717, 1.165) is 18.9 Å². The summed E-state index contributed by atoms with van der Waals surface area (Å²) in [6.45, 7) is 10.0. The summed E-state index contributed by atoms with van der Waals surface area (Å²) in [7, 11) is 0. The molecule has 4 nitrogen and oxygen atoms in total. The van der Waals surface area contributed by atoms with Crippen LogP contribution in [0.2, 0.25) is 0 Å². The largest absolute Gasteiger partial charge is 0.272 e. The third-order valence-corrected chi connectivity index (χ3v) is 5.15. The van der Waals surface area contributed by atoms with Gasteiger partial charge in [0.25, 0.3) is 0 Å². The minimum absolute atomic E-state index is 0.563. The lowest BCUT2D eigenvalue weighted by atomic mass is 9.71. The Labute approximate surface area is 133 Å². The second-order valence-corrected chi connectivity index (χ2v) is 7.12. The highest BCUT2D eigenvalue weighted by Crippen LogP contribution is 2.45. The third-order valence-electron chi connectivity index (χ3n) is 5.15. The lowest BCUT2D eigenvalue weighted by Gasteiger charge is -2.39. The first kappa shape index (κ1) is 15.3. The summed E-state index contributed by atoms with van der Waals surface area (Å²) in [6, 6.07) is 0.589. The van der Waals surface area contributed by atoms with Crippen LogP contribution >= 0.6 is 0 Å². The van der Waals surface area contributed by atoms with Gasteiger partial charge in [-0.2, -0.15) is 10.2 Å². The minimum Gasteiger partial charge on any atom is -0.272 e. The molecule has 0 radical (unpaired) electrons. The van der Waals surface area contributed by atoms with Crippen molar-refractivity contribution < 1.29 is 0 Å². The summed E-state index contributed by atoms with van der Waals surface area (Å²) in [5.41, 5.74) is 2.73. The van der Waals surface area contributed by atoms with Gasteiger partial charge in [0.15, 0.2) is 0 Å². The van der Waals surface area contributed by atoms with Crippen LogP contribution in [0, 0.1) is 5.92 Å². The summed E-state index contributed by atoms with van der Waals surface area (Å²) < 4.78 is 4.25. The van der Waals surface area contributed by atoms with Crippen LogP contribution < -0.4 is 0 Å². The maximum Gasteiger partial charge on any atom is 0.0525 e. The average Bonchev–Trinajstić information content (AvgIpc) is 3.06. The van der Waals surface area contributed by atoms with Gasteiger partial charge in [-0.25, -0.2) is 0 Å². The molecule has 1 aliphatic carbocycles. The molecule has 120 valence electrons. The number of rotatable bonds is 6. The van der Waals surface area contributed by atoms with Crippen molar-refractivity contribution in [1.29, 1.82) is 0 Å². The Bertz CT molecular complexity index is 604. The van der Waals surface area contributed by atoms with Crippen molar-refractivity contribution in [3.05, 3.63) is 35.9 Å². The highest BCUT2D eigenvalue weighted by atomic mass is 15.3. The lowest BCUT2D eigenvalue weighted by molar-refractivity contribution is 0.159. The fourth-order valence-corrected chi connectivity index (χ4v) is 3.34. The molecule has 0 aromatic carbocycles. The first-order valence-corrected chi connectivity index (χ1v) is 8.64. The van der Waals surface area contributed by atoms with Gasteiger partial charge in [0.1, 0.15) is 0 Å². The van der Waals surface area contributed by atoms with Crippen LogP contribution in [0.4, 0.5) is 0 Å². The van der Waals surface area contributed by atoms with Gasteiger partial charge in [-0.1, -0.05) is 27.7 Å². The topological polar surface area (TPSA) is 35.6 Å². The van der Waals surface area contributed by atoms with Gasteiger partial charge in [-0.3, -0.25) is 9.36 Å². The zero-order chi connectivity index (χ0) is 15.7. The first-order chi connectivity index (χ1) is 10.6. The van der Waals surface area contributed by atoms with Crippen molar-refractivity contribution in [3.63, 3.8) is 0 Å². The highest BCUT2D eigenvalue weighted by molar-refractivity contribution is 5.14. The summed E-state index contributed by atoms with van der Waals surface area (Å²) in [5, 5.41) is 9.02. The van der Waals surface area contributed by atoms with Gasteiger partial charge in [0.2, 0.25) is 0 Å². The summed E-state index contributed by atoms with van der Waals surface area (Å²) in [6.07, 6.45) is 12.1. The number of hydrogen-bond donors (Lipinski definition) is 0. The van der Waals surface area contributed by atoms with Gasteiger partial charge in [-0.15, -0.1) is 0 Å². The van der Waals surface area contributed by atoms with Crippen LogP contribution in [0.1, 0.15) is 76.0 Å². The van der Waals surface area contributed by atoms with Crippen LogP contribution in [0.25, 0.3) is 0 Å². The Balaban J connectivity index is 1.57. The van der Waals surface area contributed by atoms with Crippen molar-refractivity contribution in [2.45, 2.75) is 71.4 Å². The quantitative estimate of drug-likeness (QED) is 0.794. The van der Waals surface area contributed by atoms with E-state index >= 15 is 0 Å². The Morgan fingerprint density at radius 2 is 1.82 bits per heavy atom. The van der Waals surface area contributed by atoms with E-state index in [9.17, 15) is 0 Å². The van der Waals surface area contributed by atoms with E-state index in [1.54, 1.807) is 0 Å². The second-order valence-electron chi connectivity index (χ2n) is 7.12. The van der Waals surface area contributed by atoms with Crippen molar-refractivity contribution in [2.75, 3.05) is 0 Å². The molecule has 1 fully saturated rings. The summed E-state index contributed by atoms with van der Waals surface area (Å²) in [4.78, 5) is 0. The van der Waals surface area contributed by atoms with E-state index in [1.807, 2.05) is 6.20 Å². The maximum absolute atomic E-state index is 4.55. The molecule has 1 aliphatic rings. The molecule has 0 amide bonds. The Kier molecular flexibility index (Phi) is 4.37. The van der Waals surface area contributed by atoms with Crippen molar-refractivity contribution in [2.24, 2.45) is 5.92 Å². The molecule has 0 saturated heterocycles. The van der Waals surface area contributed by atoms with Gasteiger partial charge < -0.3 is 0 Å². The monoisotopic (exact) mass is 300 g/mol. The molecule has 1 saturated carbocycles. The molecule has 22 heavy (non-hydrogen) atoms. The fraction of sp³-hybridized carbons (Fsp3) is 0.667. The fourth-order valence-electron chi connectivity index (χ4n) is 3.34. The van der Waals surface area contributed by atoms with Gasteiger partial charge in [0, 0.05) is 18.9 Å². The maximum atomic E-state index is 4.55. The van der Waals surface area contributed by atoms with E-state index < -0.39 is 0 Å². The van der Waals surface area contributed by atoms with E-state index in [1.165, 1.54) is 24.0 Å². The molecule has 0 spiro atoms. The van der Waals surface area contributed by atoms with Crippen molar-refractivity contribution >= 4 is 0 Å². The van der Waals surface area contributed by atoms with Gasteiger partial charge >= 0.3 is 0 Å². The molecule has 2 aromatic rings. The molecule has 0 N–H and O–H groups in total. The predicted molar refractivity (Wildman–Crippen MR) is 89.0 cm³/mol. The average molecular weight is 300 g/mol. The third kappa shape index (κ3) is 2.96. The first-order valence-electron chi connectivity index (χ1n) is 8.64. The van der Waals surface area contributed by atoms with Gasteiger partial charge in [0.05, 0.1) is 18.4 Å². The Morgan fingerprint density at radius 1 is 1.09 bits per heavy atom. The predicted octanol–water partition coefficient (Wildman–Crippen LogP) is 4.37. The van der Waals surface area contributed by atoms with Crippen LogP contribution in [0.15, 0.2) is 24.8 Å². The lowest BCUT2D eigenvalue weighted by Crippen LogP contribution is -2.30. The SMILES string of the molecule is CCCn1cc(C(C)C2CC(n3cc(C(C)C)cn3)C2)cn1. The van der Waals surface area contributed by atoms with E-state index in [4.69, 9.17) is 0 Å². The molecule has 2 aromatic heterocycles. The molecule has 1 atom stereocenters. The molecule has 3 rings (SSSR count). The van der Waals surface area contributed by atoms with E-state index in [2.05, 4.69) is 65.8 Å². The minimum atomic E-state index is 0.563. The van der Waals surface area contributed by atoms with Crippen LogP contribution in [-0.4, -0.2) is 19.6 Å². The summed E-state index contributed by atoms with van der Waals surface area (Å²) in [5.74, 6) is 1.92. The normalized spacial score (nSPS) is 22.8. The molecule has 2 heterocycles. The molecule has 4 heteroatoms. The number of hydrogen-bond acceptors (Lipinski definition) is 2. The highest BCUT2D eigenvalue weighted by Gasteiger charge is 2.35. The van der Waals surface area contributed by atoms with Crippen molar-refractivity contribution in [1.82, 2.24) is 19.6 Å². The van der Waals surface area contributed by atoms with Crippen LogP contribution in [0.5, 0.6) is 0 Å². The van der Waals surface area contributed by atoms with Gasteiger partial charge in [-0.05, 0) is 48.1 Å². The molecular weight excluding hydrogens is 272 g/mol. The Morgan fingerprint density at radius 3 is 2.45 bits per heavy atom. The molecule has 0 aliphatic heterocycles.